The Hall–Kier alpha value is -3.84. The second kappa shape index (κ2) is 10.4. The van der Waals surface area contributed by atoms with Gasteiger partial charge in [0.15, 0.2) is 0 Å². The molecule has 34 heavy (non-hydrogen) atoms. The second-order valence-electron chi connectivity index (χ2n) is 8.15. The van der Waals surface area contributed by atoms with Crippen molar-refractivity contribution in [3.63, 3.8) is 0 Å². The van der Waals surface area contributed by atoms with Crippen molar-refractivity contribution in [2.75, 3.05) is 5.32 Å². The average molecular weight is 478 g/mol. The Balaban J connectivity index is 1.27. The molecule has 3 amide bonds. The number of benzene rings is 3. The summed E-state index contributed by atoms with van der Waals surface area (Å²) in [5.74, 6) is -0.201. The van der Waals surface area contributed by atoms with Crippen LogP contribution in [0.3, 0.4) is 0 Å². The topological polar surface area (TPSA) is 96.5 Å². The number of amides is 3. The summed E-state index contributed by atoms with van der Waals surface area (Å²) in [6.07, 6.45) is 1.79. The van der Waals surface area contributed by atoms with Crippen molar-refractivity contribution in [1.82, 2.24) is 10.9 Å². The Morgan fingerprint density at radius 1 is 0.912 bits per heavy atom. The van der Waals surface area contributed by atoms with Gasteiger partial charge in [-0.15, -0.1) is 0 Å². The number of rotatable bonds is 7. The Bertz CT molecular complexity index is 1220. The van der Waals surface area contributed by atoms with Crippen LogP contribution in [-0.4, -0.2) is 17.7 Å². The van der Waals surface area contributed by atoms with Crippen LogP contribution in [-0.2, 0) is 11.4 Å². The molecule has 4 rings (SSSR count). The van der Waals surface area contributed by atoms with Gasteiger partial charge >= 0.3 is 0 Å². The summed E-state index contributed by atoms with van der Waals surface area (Å²) in [4.78, 5) is 36.7. The minimum absolute atomic E-state index is 0.0389. The number of hydrazine groups is 1. The van der Waals surface area contributed by atoms with E-state index in [1.807, 2.05) is 13.0 Å². The molecule has 1 aliphatic carbocycles. The van der Waals surface area contributed by atoms with Crippen molar-refractivity contribution in [3.05, 3.63) is 94.0 Å². The number of nitrogens with one attached hydrogen (secondary N) is 3. The lowest BCUT2D eigenvalue weighted by molar-refractivity contribution is -0.117. The zero-order chi connectivity index (χ0) is 24.1. The third kappa shape index (κ3) is 6.14. The number of anilines is 1. The SMILES string of the molecule is Cc1cc(OCc2ccc(C(=O)NNC(=O)c3cccc(NC(=O)C4CC4)c3)cc2)ccc1Cl. The number of carbonyl (C=O) groups excluding carboxylic acids is 3. The van der Waals surface area contributed by atoms with Crippen molar-refractivity contribution in [3.8, 4) is 5.75 Å². The van der Waals surface area contributed by atoms with Crippen molar-refractivity contribution in [2.45, 2.75) is 26.4 Å². The highest BCUT2D eigenvalue weighted by Crippen LogP contribution is 2.30. The smallest absolute Gasteiger partial charge is 0.269 e. The van der Waals surface area contributed by atoms with Gasteiger partial charge in [-0.25, -0.2) is 0 Å². The van der Waals surface area contributed by atoms with E-state index >= 15 is 0 Å². The maximum Gasteiger partial charge on any atom is 0.269 e. The molecular weight excluding hydrogens is 454 g/mol. The van der Waals surface area contributed by atoms with E-state index in [0.29, 0.717) is 34.2 Å². The van der Waals surface area contributed by atoms with Crippen LogP contribution in [0, 0.1) is 12.8 Å². The maximum absolute atomic E-state index is 12.4. The number of ether oxygens (including phenoxy) is 1. The highest BCUT2D eigenvalue weighted by molar-refractivity contribution is 6.31. The first-order valence-electron chi connectivity index (χ1n) is 10.9. The van der Waals surface area contributed by atoms with Gasteiger partial charge in [-0.3, -0.25) is 25.2 Å². The molecule has 0 bridgehead atoms. The molecule has 1 aliphatic rings. The highest BCUT2D eigenvalue weighted by Gasteiger charge is 2.29. The zero-order valence-electron chi connectivity index (χ0n) is 18.6. The first-order chi connectivity index (χ1) is 16.4. The van der Waals surface area contributed by atoms with Gasteiger partial charge in [0.2, 0.25) is 5.91 Å². The zero-order valence-corrected chi connectivity index (χ0v) is 19.3. The molecule has 3 aromatic carbocycles. The fourth-order valence-corrected chi connectivity index (χ4v) is 3.33. The fraction of sp³-hybridized carbons (Fsp3) is 0.192. The van der Waals surface area contributed by atoms with E-state index in [0.717, 1.165) is 24.0 Å². The van der Waals surface area contributed by atoms with E-state index in [4.69, 9.17) is 16.3 Å². The summed E-state index contributed by atoms with van der Waals surface area (Å²) in [5, 5.41) is 3.48. The summed E-state index contributed by atoms with van der Waals surface area (Å²) in [5.41, 5.74) is 7.87. The first-order valence-corrected chi connectivity index (χ1v) is 11.3. The highest BCUT2D eigenvalue weighted by atomic mass is 35.5. The molecule has 3 aromatic rings. The van der Waals surface area contributed by atoms with Gasteiger partial charge in [0.1, 0.15) is 12.4 Å². The molecule has 0 aliphatic heterocycles. The number of carbonyl (C=O) groups is 3. The molecule has 0 spiro atoms. The van der Waals surface area contributed by atoms with Crippen LogP contribution >= 0.6 is 11.6 Å². The van der Waals surface area contributed by atoms with Gasteiger partial charge in [-0.1, -0.05) is 29.8 Å². The van der Waals surface area contributed by atoms with E-state index in [-0.39, 0.29) is 11.8 Å². The van der Waals surface area contributed by atoms with Gasteiger partial charge in [0, 0.05) is 27.8 Å². The van der Waals surface area contributed by atoms with Gasteiger partial charge in [0.05, 0.1) is 0 Å². The minimum atomic E-state index is -0.487. The summed E-state index contributed by atoms with van der Waals surface area (Å²) < 4.78 is 5.76. The summed E-state index contributed by atoms with van der Waals surface area (Å²) in [6, 6.07) is 18.9. The number of hydrogen-bond donors (Lipinski definition) is 3. The third-order valence-corrected chi connectivity index (χ3v) is 5.81. The monoisotopic (exact) mass is 477 g/mol. The van der Waals surface area contributed by atoms with Crippen LogP contribution < -0.4 is 20.9 Å². The fourth-order valence-electron chi connectivity index (χ4n) is 3.21. The largest absolute Gasteiger partial charge is 0.489 e. The Morgan fingerprint density at radius 2 is 1.62 bits per heavy atom. The molecule has 0 aromatic heterocycles. The predicted molar refractivity (Wildman–Crippen MR) is 130 cm³/mol. The normalized spacial score (nSPS) is 12.5. The van der Waals surface area contributed by atoms with E-state index in [9.17, 15) is 14.4 Å². The Morgan fingerprint density at radius 3 is 2.29 bits per heavy atom. The van der Waals surface area contributed by atoms with Gasteiger partial charge in [-0.2, -0.15) is 0 Å². The van der Waals surface area contributed by atoms with E-state index in [2.05, 4.69) is 16.2 Å². The van der Waals surface area contributed by atoms with Gasteiger partial charge in [-0.05, 0) is 79.4 Å². The van der Waals surface area contributed by atoms with Crippen LogP contribution in [0.4, 0.5) is 5.69 Å². The van der Waals surface area contributed by atoms with E-state index in [1.54, 1.807) is 60.7 Å². The van der Waals surface area contributed by atoms with Crippen LogP contribution in [0.5, 0.6) is 5.75 Å². The molecule has 3 N–H and O–H groups in total. The van der Waals surface area contributed by atoms with Crippen molar-refractivity contribution in [1.29, 1.82) is 0 Å². The van der Waals surface area contributed by atoms with Crippen LogP contribution in [0.15, 0.2) is 66.7 Å². The van der Waals surface area contributed by atoms with Crippen LogP contribution in [0.2, 0.25) is 5.02 Å². The minimum Gasteiger partial charge on any atom is -0.489 e. The molecule has 0 saturated heterocycles. The summed E-state index contributed by atoms with van der Waals surface area (Å²) >= 11 is 6.03. The quantitative estimate of drug-likeness (QED) is 0.431. The van der Waals surface area contributed by atoms with Crippen LogP contribution in [0.25, 0.3) is 0 Å². The number of hydrogen-bond acceptors (Lipinski definition) is 4. The van der Waals surface area contributed by atoms with Crippen molar-refractivity contribution >= 4 is 35.0 Å². The molecule has 0 radical (unpaired) electrons. The molecule has 0 atom stereocenters. The van der Waals surface area contributed by atoms with Crippen molar-refractivity contribution in [2.24, 2.45) is 5.92 Å². The molecule has 1 fully saturated rings. The van der Waals surface area contributed by atoms with Crippen LogP contribution in [0.1, 0.15) is 44.7 Å². The summed E-state index contributed by atoms with van der Waals surface area (Å²) in [7, 11) is 0. The molecule has 0 unspecified atom stereocenters. The summed E-state index contributed by atoms with van der Waals surface area (Å²) in [6.45, 7) is 2.25. The van der Waals surface area contributed by atoms with Gasteiger partial charge < -0.3 is 10.1 Å². The van der Waals surface area contributed by atoms with Gasteiger partial charge in [0.25, 0.3) is 11.8 Å². The standard InChI is InChI=1S/C26H24ClN3O4/c1-16-13-22(11-12-23(16)27)34-15-17-5-7-19(8-6-17)25(32)29-30-26(33)20-3-2-4-21(14-20)28-24(31)18-9-10-18/h2-8,11-14,18H,9-10,15H2,1H3,(H,28,31)(H,29,32)(H,30,33). The van der Waals surface area contributed by atoms with Crippen molar-refractivity contribution < 1.29 is 19.1 Å². The molecule has 7 nitrogen and oxygen atoms in total. The molecule has 8 heteroatoms. The molecule has 1 saturated carbocycles. The molecular formula is C26H24ClN3O4. The maximum atomic E-state index is 12.4. The second-order valence-corrected chi connectivity index (χ2v) is 8.56. The first kappa shape index (κ1) is 23.3. The van der Waals surface area contributed by atoms with E-state index in [1.165, 1.54) is 0 Å². The predicted octanol–water partition coefficient (Wildman–Crippen LogP) is 4.65. The number of aryl methyl sites for hydroxylation is 1. The third-order valence-electron chi connectivity index (χ3n) is 5.38. The Kier molecular flexibility index (Phi) is 7.13. The van der Waals surface area contributed by atoms with E-state index < -0.39 is 11.8 Å². The average Bonchev–Trinajstić information content (AvgIpc) is 3.69. The molecule has 0 heterocycles. The molecule has 174 valence electrons. The lowest BCUT2D eigenvalue weighted by Gasteiger charge is -2.10. The lowest BCUT2D eigenvalue weighted by atomic mass is 10.1. The lowest BCUT2D eigenvalue weighted by Crippen LogP contribution is -2.41. The number of halogens is 1. The Labute approximate surface area is 202 Å².